The Morgan fingerprint density at radius 3 is 2.40 bits per heavy atom. The molecule has 112 valence electrons. The Bertz CT molecular complexity index is 425. The van der Waals surface area contributed by atoms with Gasteiger partial charge in [-0.05, 0) is 37.5 Å². The summed E-state index contributed by atoms with van der Waals surface area (Å²) in [5.74, 6) is 1.26. The summed E-state index contributed by atoms with van der Waals surface area (Å²) in [7, 11) is 0. The highest BCUT2D eigenvalue weighted by Crippen LogP contribution is 2.18. The van der Waals surface area contributed by atoms with Crippen LogP contribution in [0.1, 0.15) is 45.6 Å². The van der Waals surface area contributed by atoms with Crippen molar-refractivity contribution in [1.29, 1.82) is 0 Å². The predicted molar refractivity (Wildman–Crippen MR) is 81.9 cm³/mol. The lowest BCUT2D eigenvalue weighted by Gasteiger charge is -2.24. The fourth-order valence-electron chi connectivity index (χ4n) is 1.70. The van der Waals surface area contributed by atoms with Gasteiger partial charge in [-0.3, -0.25) is 4.79 Å². The van der Waals surface area contributed by atoms with E-state index in [1.807, 2.05) is 26.0 Å². The largest absolute Gasteiger partial charge is 0.493 e. The summed E-state index contributed by atoms with van der Waals surface area (Å²) in [6.07, 6.45) is 0.329. The standard InChI is InChI=1S/C16H26N2O2/c1-12(2)13-5-7-14(8-6-13)20-10-9-15(19)18-16(3,4)11-17/h5-8,12H,9-11,17H2,1-4H3,(H,18,19). The molecule has 0 atom stereocenters. The van der Waals surface area contributed by atoms with E-state index in [1.165, 1.54) is 5.56 Å². The molecule has 0 bridgehead atoms. The third-order valence-electron chi connectivity index (χ3n) is 3.13. The molecule has 0 aliphatic heterocycles. The lowest BCUT2D eigenvalue weighted by Crippen LogP contribution is -2.49. The molecule has 1 amide bonds. The van der Waals surface area contributed by atoms with Crippen LogP contribution in [0.2, 0.25) is 0 Å². The number of amides is 1. The molecule has 0 radical (unpaired) electrons. The first-order chi connectivity index (χ1) is 9.34. The third kappa shape index (κ3) is 5.61. The smallest absolute Gasteiger partial charge is 0.223 e. The summed E-state index contributed by atoms with van der Waals surface area (Å²) < 4.78 is 5.57. The Morgan fingerprint density at radius 2 is 1.90 bits per heavy atom. The van der Waals surface area contributed by atoms with Crippen molar-refractivity contribution in [2.45, 2.75) is 45.6 Å². The van der Waals surface area contributed by atoms with Crippen LogP contribution in [0, 0.1) is 0 Å². The highest BCUT2D eigenvalue weighted by Gasteiger charge is 2.17. The molecular formula is C16H26N2O2. The molecule has 0 fully saturated rings. The van der Waals surface area contributed by atoms with Gasteiger partial charge in [0.15, 0.2) is 0 Å². The number of carbonyl (C=O) groups is 1. The van der Waals surface area contributed by atoms with Crippen LogP contribution in [0.25, 0.3) is 0 Å². The number of nitrogens with one attached hydrogen (secondary N) is 1. The second kappa shape index (κ2) is 7.29. The summed E-state index contributed by atoms with van der Waals surface area (Å²) in [6.45, 7) is 8.88. The second-order valence-corrected chi connectivity index (χ2v) is 5.96. The zero-order valence-electron chi connectivity index (χ0n) is 12.9. The minimum Gasteiger partial charge on any atom is -0.493 e. The summed E-state index contributed by atoms with van der Waals surface area (Å²) in [5.41, 5.74) is 6.48. The van der Waals surface area contributed by atoms with Crippen molar-refractivity contribution < 1.29 is 9.53 Å². The molecule has 0 unspecified atom stereocenters. The van der Waals surface area contributed by atoms with Crippen LogP contribution in [0.15, 0.2) is 24.3 Å². The SMILES string of the molecule is CC(C)c1ccc(OCCC(=O)NC(C)(C)CN)cc1. The quantitative estimate of drug-likeness (QED) is 0.805. The van der Waals surface area contributed by atoms with Gasteiger partial charge in [0, 0.05) is 12.1 Å². The van der Waals surface area contributed by atoms with Crippen molar-refractivity contribution >= 4 is 5.91 Å². The molecule has 20 heavy (non-hydrogen) atoms. The number of hydrogen-bond donors (Lipinski definition) is 2. The summed E-state index contributed by atoms with van der Waals surface area (Å²) in [4.78, 5) is 11.7. The van der Waals surface area contributed by atoms with Crippen LogP contribution >= 0.6 is 0 Å². The molecule has 0 spiro atoms. The average molecular weight is 278 g/mol. The van der Waals surface area contributed by atoms with Crippen LogP contribution in [0.5, 0.6) is 5.75 Å². The molecule has 1 aromatic carbocycles. The first-order valence-corrected chi connectivity index (χ1v) is 7.08. The monoisotopic (exact) mass is 278 g/mol. The number of rotatable bonds is 7. The van der Waals surface area contributed by atoms with Crippen molar-refractivity contribution in [2.75, 3.05) is 13.2 Å². The number of benzene rings is 1. The zero-order valence-corrected chi connectivity index (χ0v) is 12.9. The van der Waals surface area contributed by atoms with Gasteiger partial charge in [-0.25, -0.2) is 0 Å². The maximum atomic E-state index is 11.7. The molecule has 4 nitrogen and oxygen atoms in total. The van der Waals surface area contributed by atoms with Gasteiger partial charge in [0.05, 0.1) is 13.0 Å². The Morgan fingerprint density at radius 1 is 1.30 bits per heavy atom. The lowest BCUT2D eigenvalue weighted by atomic mass is 10.0. The second-order valence-electron chi connectivity index (χ2n) is 5.96. The third-order valence-corrected chi connectivity index (χ3v) is 3.13. The predicted octanol–water partition coefficient (Wildman–Crippen LogP) is 2.43. The van der Waals surface area contributed by atoms with Crippen LogP contribution in [-0.2, 0) is 4.79 Å². The molecule has 0 aliphatic carbocycles. The Balaban J connectivity index is 2.35. The summed E-state index contributed by atoms with van der Waals surface area (Å²) in [5, 5.41) is 2.87. The normalized spacial score (nSPS) is 11.5. The molecule has 0 saturated heterocycles. The molecule has 0 aromatic heterocycles. The van der Waals surface area contributed by atoms with Gasteiger partial charge in [0.25, 0.3) is 0 Å². The van der Waals surface area contributed by atoms with Crippen molar-refractivity contribution in [2.24, 2.45) is 5.73 Å². The van der Waals surface area contributed by atoms with E-state index in [-0.39, 0.29) is 11.4 Å². The topological polar surface area (TPSA) is 64.3 Å². The van der Waals surface area contributed by atoms with Crippen LogP contribution in [0.3, 0.4) is 0 Å². The molecule has 1 rings (SSSR count). The number of hydrogen-bond acceptors (Lipinski definition) is 3. The van der Waals surface area contributed by atoms with Gasteiger partial charge >= 0.3 is 0 Å². The van der Waals surface area contributed by atoms with Gasteiger partial charge in [0.1, 0.15) is 5.75 Å². The van der Waals surface area contributed by atoms with Crippen molar-refractivity contribution in [3.63, 3.8) is 0 Å². The van der Waals surface area contributed by atoms with E-state index in [0.717, 1.165) is 5.75 Å². The summed E-state index contributed by atoms with van der Waals surface area (Å²) in [6, 6.07) is 7.99. The first kappa shape index (κ1) is 16.5. The van der Waals surface area contributed by atoms with E-state index in [0.29, 0.717) is 25.5 Å². The number of nitrogens with two attached hydrogens (primary N) is 1. The van der Waals surface area contributed by atoms with Gasteiger partial charge < -0.3 is 15.8 Å². The molecule has 0 saturated carbocycles. The first-order valence-electron chi connectivity index (χ1n) is 7.08. The fourth-order valence-corrected chi connectivity index (χ4v) is 1.70. The van der Waals surface area contributed by atoms with E-state index in [9.17, 15) is 4.79 Å². The molecule has 0 heterocycles. The average Bonchev–Trinajstić information content (AvgIpc) is 2.38. The Kier molecular flexibility index (Phi) is 6.02. The minimum absolute atomic E-state index is 0.0424. The van der Waals surface area contributed by atoms with E-state index in [1.54, 1.807) is 0 Å². The number of carbonyl (C=O) groups excluding carboxylic acids is 1. The maximum Gasteiger partial charge on any atom is 0.223 e. The van der Waals surface area contributed by atoms with E-state index >= 15 is 0 Å². The van der Waals surface area contributed by atoms with Gasteiger partial charge in [-0.1, -0.05) is 26.0 Å². The molecule has 3 N–H and O–H groups in total. The molecule has 0 aliphatic rings. The van der Waals surface area contributed by atoms with Gasteiger partial charge in [-0.15, -0.1) is 0 Å². The minimum atomic E-state index is -0.365. The molecular weight excluding hydrogens is 252 g/mol. The Labute approximate surface area is 121 Å². The number of ether oxygens (including phenoxy) is 1. The molecule has 1 aromatic rings. The maximum absolute atomic E-state index is 11.7. The van der Waals surface area contributed by atoms with Crippen molar-refractivity contribution in [1.82, 2.24) is 5.32 Å². The van der Waals surface area contributed by atoms with Gasteiger partial charge in [0.2, 0.25) is 5.91 Å². The van der Waals surface area contributed by atoms with E-state index in [4.69, 9.17) is 10.5 Å². The van der Waals surface area contributed by atoms with Crippen molar-refractivity contribution in [3.8, 4) is 5.75 Å². The van der Waals surface area contributed by atoms with Crippen LogP contribution in [-0.4, -0.2) is 24.6 Å². The zero-order chi connectivity index (χ0) is 15.2. The van der Waals surface area contributed by atoms with Crippen molar-refractivity contribution in [3.05, 3.63) is 29.8 Å². The van der Waals surface area contributed by atoms with Crippen LogP contribution < -0.4 is 15.8 Å². The lowest BCUT2D eigenvalue weighted by molar-refractivity contribution is -0.123. The van der Waals surface area contributed by atoms with E-state index in [2.05, 4.69) is 31.3 Å². The highest BCUT2D eigenvalue weighted by molar-refractivity contribution is 5.76. The Hall–Kier alpha value is -1.55. The highest BCUT2D eigenvalue weighted by atomic mass is 16.5. The fraction of sp³-hybridized carbons (Fsp3) is 0.562. The summed E-state index contributed by atoms with van der Waals surface area (Å²) >= 11 is 0. The van der Waals surface area contributed by atoms with E-state index < -0.39 is 0 Å². The van der Waals surface area contributed by atoms with Gasteiger partial charge in [-0.2, -0.15) is 0 Å². The van der Waals surface area contributed by atoms with Crippen LogP contribution in [0.4, 0.5) is 0 Å². The molecule has 4 heteroatoms.